The lowest BCUT2D eigenvalue weighted by molar-refractivity contribution is -0.126. The third kappa shape index (κ3) is 4.89. The summed E-state index contributed by atoms with van der Waals surface area (Å²) in [4.78, 5) is 14.3. The Morgan fingerprint density at radius 1 is 1.32 bits per heavy atom. The van der Waals surface area contributed by atoms with Crippen LogP contribution in [-0.4, -0.2) is 34.0 Å². The molecule has 0 spiro atoms. The molecule has 3 nitrogen and oxygen atoms in total. The molecule has 0 radical (unpaired) electrons. The van der Waals surface area contributed by atoms with E-state index in [2.05, 4.69) is 6.08 Å². The van der Waals surface area contributed by atoms with Crippen LogP contribution in [0.25, 0.3) is 0 Å². The number of carbonyl (C=O) groups excluding carboxylic acids is 1. The molecular formula is C18H25NO2S. The SMILES string of the molecule is CCN(C(=O)CSCC(O)c1ccccc1)C1=CCCCC1. The van der Waals surface area contributed by atoms with E-state index < -0.39 is 6.10 Å². The molecular weight excluding hydrogens is 294 g/mol. The highest BCUT2D eigenvalue weighted by molar-refractivity contribution is 7.99. The number of allylic oxidation sites excluding steroid dienone is 2. The van der Waals surface area contributed by atoms with Crippen LogP contribution >= 0.6 is 11.8 Å². The summed E-state index contributed by atoms with van der Waals surface area (Å²) in [5.41, 5.74) is 2.09. The van der Waals surface area contributed by atoms with Crippen molar-refractivity contribution in [1.82, 2.24) is 4.90 Å². The van der Waals surface area contributed by atoms with Crippen LogP contribution in [0, 0.1) is 0 Å². The standard InChI is InChI=1S/C18H25NO2S/c1-2-19(16-11-7-4-8-12-16)18(21)14-22-13-17(20)15-9-5-3-6-10-15/h3,5-6,9-11,17,20H,2,4,7-8,12-14H2,1H3. The number of hydrogen-bond donors (Lipinski definition) is 1. The zero-order chi connectivity index (χ0) is 15.8. The second kappa shape index (κ2) is 9.01. The van der Waals surface area contributed by atoms with Gasteiger partial charge in [-0.3, -0.25) is 4.79 Å². The average molecular weight is 319 g/mol. The second-order valence-electron chi connectivity index (χ2n) is 5.52. The van der Waals surface area contributed by atoms with Crippen LogP contribution in [0.5, 0.6) is 0 Å². The lowest BCUT2D eigenvalue weighted by atomic mass is 10.0. The van der Waals surface area contributed by atoms with E-state index >= 15 is 0 Å². The van der Waals surface area contributed by atoms with Gasteiger partial charge in [-0.15, -0.1) is 11.8 Å². The molecule has 1 aromatic carbocycles. The number of benzene rings is 1. The first-order valence-corrected chi connectivity index (χ1v) is 9.18. The molecule has 1 aromatic rings. The van der Waals surface area contributed by atoms with Crippen molar-refractivity contribution in [3.05, 3.63) is 47.7 Å². The van der Waals surface area contributed by atoms with Crippen molar-refractivity contribution in [2.24, 2.45) is 0 Å². The van der Waals surface area contributed by atoms with E-state index in [0.29, 0.717) is 11.5 Å². The summed E-state index contributed by atoms with van der Waals surface area (Å²) in [6.07, 6.45) is 6.19. The van der Waals surface area contributed by atoms with Gasteiger partial charge in [-0.25, -0.2) is 0 Å². The summed E-state index contributed by atoms with van der Waals surface area (Å²) in [6.45, 7) is 2.75. The van der Waals surface area contributed by atoms with E-state index in [0.717, 1.165) is 24.9 Å². The third-order valence-electron chi connectivity index (χ3n) is 3.92. The zero-order valence-corrected chi connectivity index (χ0v) is 14.0. The van der Waals surface area contributed by atoms with Crippen molar-refractivity contribution in [3.63, 3.8) is 0 Å². The Morgan fingerprint density at radius 3 is 2.73 bits per heavy atom. The van der Waals surface area contributed by atoms with Gasteiger partial charge in [0.1, 0.15) is 0 Å². The fraction of sp³-hybridized carbons (Fsp3) is 0.500. The van der Waals surface area contributed by atoms with Crippen molar-refractivity contribution >= 4 is 17.7 Å². The van der Waals surface area contributed by atoms with Crippen LogP contribution in [0.15, 0.2) is 42.1 Å². The molecule has 1 N–H and O–H groups in total. The van der Waals surface area contributed by atoms with Crippen LogP contribution < -0.4 is 0 Å². The molecule has 4 heteroatoms. The molecule has 1 aliphatic rings. The van der Waals surface area contributed by atoms with Crippen LogP contribution in [0.2, 0.25) is 0 Å². The van der Waals surface area contributed by atoms with E-state index in [9.17, 15) is 9.90 Å². The molecule has 0 saturated heterocycles. The molecule has 0 aliphatic heterocycles. The third-order valence-corrected chi connectivity index (χ3v) is 4.92. The molecule has 1 unspecified atom stereocenters. The number of aliphatic hydroxyl groups excluding tert-OH is 1. The molecule has 120 valence electrons. The molecule has 0 saturated carbocycles. The van der Waals surface area contributed by atoms with Gasteiger partial charge < -0.3 is 10.0 Å². The Kier molecular flexibility index (Phi) is 7.00. The number of nitrogens with zero attached hydrogens (tertiary/aromatic N) is 1. The summed E-state index contributed by atoms with van der Waals surface area (Å²) in [5, 5.41) is 10.1. The lowest BCUT2D eigenvalue weighted by Gasteiger charge is -2.26. The first-order valence-electron chi connectivity index (χ1n) is 8.02. The van der Waals surface area contributed by atoms with Gasteiger partial charge in [-0.1, -0.05) is 36.4 Å². The smallest absolute Gasteiger partial charge is 0.236 e. The van der Waals surface area contributed by atoms with E-state index in [1.807, 2.05) is 42.2 Å². The summed E-state index contributed by atoms with van der Waals surface area (Å²) in [5.74, 6) is 1.13. The summed E-state index contributed by atoms with van der Waals surface area (Å²) >= 11 is 1.50. The number of aliphatic hydroxyl groups is 1. The fourth-order valence-corrected chi connectivity index (χ4v) is 3.58. The maximum Gasteiger partial charge on any atom is 0.236 e. The van der Waals surface area contributed by atoms with Crippen LogP contribution in [0.3, 0.4) is 0 Å². The van der Waals surface area contributed by atoms with Gasteiger partial charge in [0.25, 0.3) is 0 Å². The Morgan fingerprint density at radius 2 is 2.09 bits per heavy atom. The van der Waals surface area contributed by atoms with E-state index in [1.54, 1.807) is 0 Å². The monoisotopic (exact) mass is 319 g/mol. The van der Waals surface area contributed by atoms with Gasteiger partial charge in [0.2, 0.25) is 5.91 Å². The molecule has 1 amide bonds. The number of thioether (sulfide) groups is 1. The van der Waals surface area contributed by atoms with E-state index in [4.69, 9.17) is 0 Å². The Bertz CT molecular complexity index is 501. The molecule has 2 rings (SSSR count). The minimum Gasteiger partial charge on any atom is -0.388 e. The van der Waals surface area contributed by atoms with Crippen LogP contribution in [0.1, 0.15) is 44.3 Å². The molecule has 0 fully saturated rings. The lowest BCUT2D eigenvalue weighted by Crippen LogP contribution is -2.32. The van der Waals surface area contributed by atoms with Gasteiger partial charge in [-0.2, -0.15) is 0 Å². The summed E-state index contributed by atoms with van der Waals surface area (Å²) in [7, 11) is 0. The number of rotatable bonds is 7. The van der Waals surface area contributed by atoms with Crippen LogP contribution in [-0.2, 0) is 4.79 Å². The number of amides is 1. The first kappa shape index (κ1) is 17.1. The number of hydrogen-bond acceptors (Lipinski definition) is 3. The molecule has 1 atom stereocenters. The van der Waals surface area contributed by atoms with Gasteiger partial charge in [0, 0.05) is 18.0 Å². The molecule has 0 heterocycles. The van der Waals surface area contributed by atoms with Gasteiger partial charge in [-0.05, 0) is 38.2 Å². The molecule has 22 heavy (non-hydrogen) atoms. The molecule has 0 bridgehead atoms. The quantitative estimate of drug-likeness (QED) is 0.832. The largest absolute Gasteiger partial charge is 0.388 e. The van der Waals surface area contributed by atoms with Gasteiger partial charge in [0.15, 0.2) is 0 Å². The van der Waals surface area contributed by atoms with E-state index in [1.165, 1.54) is 30.3 Å². The van der Waals surface area contributed by atoms with Crippen molar-refractivity contribution in [2.45, 2.75) is 38.7 Å². The predicted octanol–water partition coefficient (Wildman–Crippen LogP) is 3.76. The molecule has 0 aromatic heterocycles. The van der Waals surface area contributed by atoms with Gasteiger partial charge >= 0.3 is 0 Å². The molecule has 1 aliphatic carbocycles. The van der Waals surface area contributed by atoms with Crippen LogP contribution in [0.4, 0.5) is 0 Å². The number of carbonyl (C=O) groups is 1. The average Bonchev–Trinajstić information content (AvgIpc) is 2.57. The highest BCUT2D eigenvalue weighted by atomic mass is 32.2. The normalized spacial score (nSPS) is 16.0. The Hall–Kier alpha value is -1.26. The van der Waals surface area contributed by atoms with Crippen molar-refractivity contribution in [1.29, 1.82) is 0 Å². The topological polar surface area (TPSA) is 40.5 Å². The fourth-order valence-electron chi connectivity index (χ4n) is 2.71. The van der Waals surface area contributed by atoms with E-state index in [-0.39, 0.29) is 5.91 Å². The minimum absolute atomic E-state index is 0.154. The Labute approximate surface area is 137 Å². The summed E-state index contributed by atoms with van der Waals surface area (Å²) < 4.78 is 0. The summed E-state index contributed by atoms with van der Waals surface area (Å²) in [6, 6.07) is 9.60. The first-order chi connectivity index (χ1) is 10.7. The van der Waals surface area contributed by atoms with Crippen molar-refractivity contribution in [3.8, 4) is 0 Å². The van der Waals surface area contributed by atoms with Crippen molar-refractivity contribution < 1.29 is 9.90 Å². The minimum atomic E-state index is -0.511. The maximum absolute atomic E-state index is 12.4. The maximum atomic E-state index is 12.4. The highest BCUT2D eigenvalue weighted by Gasteiger charge is 2.18. The Balaban J connectivity index is 1.80. The predicted molar refractivity (Wildman–Crippen MR) is 92.7 cm³/mol. The highest BCUT2D eigenvalue weighted by Crippen LogP contribution is 2.23. The van der Waals surface area contributed by atoms with Gasteiger partial charge in [0.05, 0.1) is 11.9 Å². The van der Waals surface area contributed by atoms with Crippen molar-refractivity contribution in [2.75, 3.05) is 18.1 Å². The zero-order valence-electron chi connectivity index (χ0n) is 13.2. The second-order valence-corrected chi connectivity index (χ2v) is 6.55.